The van der Waals surface area contributed by atoms with Crippen molar-refractivity contribution in [1.82, 2.24) is 4.98 Å². The number of carbonyl (C=O) groups is 1. The zero-order valence-corrected chi connectivity index (χ0v) is 8.18. The van der Waals surface area contributed by atoms with Crippen molar-refractivity contribution in [3.63, 3.8) is 0 Å². The number of hydrogen-bond donors (Lipinski definition) is 2. The van der Waals surface area contributed by atoms with E-state index in [0.29, 0.717) is 5.76 Å². The lowest BCUT2D eigenvalue weighted by Gasteiger charge is -2.00. The van der Waals surface area contributed by atoms with Gasteiger partial charge in [-0.15, -0.1) is 24.8 Å². The van der Waals surface area contributed by atoms with E-state index >= 15 is 0 Å². The van der Waals surface area contributed by atoms with Gasteiger partial charge in [-0.3, -0.25) is 4.79 Å². The summed E-state index contributed by atoms with van der Waals surface area (Å²) in [6.07, 6.45) is 2.86. The molecule has 0 aliphatic carbocycles. The Hall–Kier alpha value is -0.780. The van der Waals surface area contributed by atoms with Crippen LogP contribution < -0.4 is 5.73 Å². The van der Waals surface area contributed by atoms with Gasteiger partial charge in [-0.2, -0.15) is 0 Å². The largest absolute Gasteiger partial charge is 0.480 e. The van der Waals surface area contributed by atoms with Crippen molar-refractivity contribution < 1.29 is 14.3 Å². The zero-order chi connectivity index (χ0) is 8.27. The molecule has 0 aromatic carbocycles. The molecule has 0 fully saturated rings. The highest BCUT2D eigenvalue weighted by atomic mass is 35.5. The maximum atomic E-state index is 10.2. The summed E-state index contributed by atoms with van der Waals surface area (Å²) in [7, 11) is 0. The van der Waals surface area contributed by atoms with Gasteiger partial charge in [0, 0.05) is 6.42 Å². The predicted molar refractivity (Wildman–Crippen MR) is 50.3 cm³/mol. The van der Waals surface area contributed by atoms with Crippen molar-refractivity contribution in [1.29, 1.82) is 0 Å². The normalized spacial score (nSPS) is 10.8. The number of carboxylic acids is 1. The number of oxazole rings is 1. The number of nitrogens with zero attached hydrogens (tertiary/aromatic N) is 1. The molecule has 1 aromatic rings. The first kappa shape index (κ1) is 14.7. The molecule has 1 heterocycles. The van der Waals surface area contributed by atoms with E-state index in [2.05, 4.69) is 4.98 Å². The Kier molecular flexibility index (Phi) is 7.60. The monoisotopic (exact) mass is 228 g/mol. The van der Waals surface area contributed by atoms with E-state index in [1.165, 1.54) is 12.6 Å². The second-order valence-electron chi connectivity index (χ2n) is 2.12. The van der Waals surface area contributed by atoms with E-state index in [-0.39, 0.29) is 31.2 Å². The number of halogens is 2. The van der Waals surface area contributed by atoms with Crippen LogP contribution in [0.1, 0.15) is 5.76 Å². The quantitative estimate of drug-likeness (QED) is 0.786. The Morgan fingerprint density at radius 1 is 1.69 bits per heavy atom. The average molecular weight is 229 g/mol. The number of rotatable bonds is 3. The molecule has 1 aromatic heterocycles. The van der Waals surface area contributed by atoms with Crippen LogP contribution in [0.4, 0.5) is 0 Å². The van der Waals surface area contributed by atoms with Crippen LogP contribution in [0.15, 0.2) is 17.0 Å². The Morgan fingerprint density at radius 3 is 2.69 bits per heavy atom. The third-order valence-corrected chi connectivity index (χ3v) is 1.22. The highest BCUT2D eigenvalue weighted by Crippen LogP contribution is 1.99. The number of hydrogen-bond acceptors (Lipinski definition) is 4. The zero-order valence-electron chi connectivity index (χ0n) is 6.54. The average Bonchev–Trinajstić information content (AvgIpc) is 2.39. The van der Waals surface area contributed by atoms with Crippen molar-refractivity contribution >= 4 is 30.8 Å². The minimum absolute atomic E-state index is 0. The highest BCUT2D eigenvalue weighted by molar-refractivity contribution is 5.85. The fourth-order valence-electron chi connectivity index (χ4n) is 0.647. The van der Waals surface area contributed by atoms with Gasteiger partial charge in [-0.05, 0) is 0 Å². The van der Waals surface area contributed by atoms with Crippen LogP contribution in [0.2, 0.25) is 0 Å². The van der Waals surface area contributed by atoms with Gasteiger partial charge in [-0.25, -0.2) is 4.98 Å². The van der Waals surface area contributed by atoms with E-state index in [1.807, 2.05) is 0 Å². The van der Waals surface area contributed by atoms with Gasteiger partial charge < -0.3 is 15.3 Å². The molecule has 0 saturated carbocycles. The third kappa shape index (κ3) is 4.72. The first-order valence-corrected chi connectivity index (χ1v) is 3.06. The molecule has 1 atom stereocenters. The fourth-order valence-corrected chi connectivity index (χ4v) is 0.647. The molecule has 1 rings (SSSR count). The maximum Gasteiger partial charge on any atom is 0.320 e. The summed E-state index contributed by atoms with van der Waals surface area (Å²) in [6.45, 7) is 0. The molecule has 0 aliphatic heterocycles. The van der Waals surface area contributed by atoms with Gasteiger partial charge in [0.25, 0.3) is 0 Å². The summed E-state index contributed by atoms with van der Waals surface area (Å²) < 4.78 is 4.80. The molecule has 76 valence electrons. The summed E-state index contributed by atoms with van der Waals surface area (Å²) in [4.78, 5) is 13.9. The molecule has 13 heavy (non-hydrogen) atoms. The predicted octanol–water partition coefficient (Wildman–Crippen LogP) is 0.473. The standard InChI is InChI=1S/C6H8N2O3.2ClH/c7-5(6(9)10)1-4-2-8-3-11-4;;/h2-3,5H,1,7H2,(H,9,10);2*1H. The summed E-state index contributed by atoms with van der Waals surface area (Å²) in [5, 5.41) is 8.39. The van der Waals surface area contributed by atoms with Crippen molar-refractivity contribution in [3.8, 4) is 0 Å². The lowest BCUT2D eigenvalue weighted by Crippen LogP contribution is -2.32. The second kappa shape index (κ2) is 6.71. The molecule has 3 N–H and O–H groups in total. The molecule has 0 saturated heterocycles. The number of carboxylic acid groups (broad SMARTS) is 1. The van der Waals surface area contributed by atoms with Crippen LogP contribution in [0.25, 0.3) is 0 Å². The molecule has 0 spiro atoms. The molecule has 0 radical (unpaired) electrons. The van der Waals surface area contributed by atoms with Gasteiger partial charge in [-0.1, -0.05) is 0 Å². The van der Waals surface area contributed by atoms with Crippen LogP contribution in [-0.4, -0.2) is 22.1 Å². The molecule has 7 heteroatoms. The first-order chi connectivity index (χ1) is 5.20. The number of aliphatic carboxylic acids is 1. The summed E-state index contributed by atoms with van der Waals surface area (Å²) in [6, 6.07) is -0.914. The van der Waals surface area contributed by atoms with Gasteiger partial charge >= 0.3 is 5.97 Å². The molecule has 0 amide bonds. The van der Waals surface area contributed by atoms with Crippen LogP contribution >= 0.6 is 24.8 Å². The van der Waals surface area contributed by atoms with Crippen LogP contribution in [0.3, 0.4) is 0 Å². The number of nitrogens with two attached hydrogens (primary N) is 1. The Labute approximate surface area is 87.1 Å². The summed E-state index contributed by atoms with van der Waals surface area (Å²) in [5.74, 6) is -0.554. The summed E-state index contributed by atoms with van der Waals surface area (Å²) >= 11 is 0. The second-order valence-corrected chi connectivity index (χ2v) is 2.12. The molecule has 0 aliphatic rings. The van der Waals surface area contributed by atoms with Crippen molar-refractivity contribution in [3.05, 3.63) is 18.4 Å². The van der Waals surface area contributed by atoms with Gasteiger partial charge in [0.2, 0.25) is 0 Å². The lowest BCUT2D eigenvalue weighted by atomic mass is 10.2. The molecular weight excluding hydrogens is 219 g/mol. The van der Waals surface area contributed by atoms with Crippen molar-refractivity contribution in [2.75, 3.05) is 0 Å². The van der Waals surface area contributed by atoms with Crippen LogP contribution in [0, 0.1) is 0 Å². The summed E-state index contributed by atoms with van der Waals surface area (Å²) in [5.41, 5.74) is 5.22. The minimum Gasteiger partial charge on any atom is -0.480 e. The minimum atomic E-state index is -1.04. The van der Waals surface area contributed by atoms with Crippen LogP contribution in [0.5, 0.6) is 0 Å². The lowest BCUT2D eigenvalue weighted by molar-refractivity contribution is -0.138. The van der Waals surface area contributed by atoms with Crippen LogP contribution in [-0.2, 0) is 11.2 Å². The smallest absolute Gasteiger partial charge is 0.320 e. The van der Waals surface area contributed by atoms with Crippen molar-refractivity contribution in [2.45, 2.75) is 12.5 Å². The fraction of sp³-hybridized carbons (Fsp3) is 0.333. The Balaban J connectivity index is 0. The van der Waals surface area contributed by atoms with E-state index in [9.17, 15) is 4.79 Å². The van der Waals surface area contributed by atoms with E-state index in [4.69, 9.17) is 15.3 Å². The first-order valence-electron chi connectivity index (χ1n) is 3.06. The van der Waals surface area contributed by atoms with E-state index in [0.717, 1.165) is 0 Å². The molecule has 1 unspecified atom stereocenters. The maximum absolute atomic E-state index is 10.2. The Bertz CT molecular complexity index is 240. The van der Waals surface area contributed by atoms with E-state index < -0.39 is 12.0 Å². The molecular formula is C6H10Cl2N2O3. The molecule has 0 bridgehead atoms. The van der Waals surface area contributed by atoms with Crippen molar-refractivity contribution in [2.24, 2.45) is 5.73 Å². The Morgan fingerprint density at radius 2 is 2.31 bits per heavy atom. The molecule has 5 nitrogen and oxygen atoms in total. The van der Waals surface area contributed by atoms with Gasteiger partial charge in [0.15, 0.2) is 6.39 Å². The number of aromatic nitrogens is 1. The third-order valence-electron chi connectivity index (χ3n) is 1.22. The van der Waals surface area contributed by atoms with E-state index in [1.54, 1.807) is 0 Å². The topological polar surface area (TPSA) is 89.4 Å². The van der Waals surface area contributed by atoms with Gasteiger partial charge in [0.1, 0.15) is 11.8 Å². The SMILES string of the molecule is Cl.Cl.NC(Cc1cnco1)C(=O)O. The highest BCUT2D eigenvalue weighted by Gasteiger charge is 2.13. The van der Waals surface area contributed by atoms with Gasteiger partial charge in [0.05, 0.1) is 6.20 Å².